The SMILES string of the molecule is COc1cc2ncnc(-c3ccc(NC(=O)Cc4ccc(C(F)(F)F)cc4)cc3)c2cc1OCCCN1C[C@H]2C[C@@H]1CN2C. The lowest BCUT2D eigenvalue weighted by Gasteiger charge is -2.31. The Hall–Kier alpha value is -4.22. The first-order valence-electron chi connectivity index (χ1n) is 14.6. The van der Waals surface area contributed by atoms with E-state index in [0.717, 1.165) is 49.1 Å². The summed E-state index contributed by atoms with van der Waals surface area (Å²) in [5, 5.41) is 3.61. The van der Waals surface area contributed by atoms with Crippen LogP contribution in [0.3, 0.4) is 0 Å². The highest BCUT2D eigenvalue weighted by Crippen LogP contribution is 2.36. The first kappa shape index (κ1) is 29.8. The normalized spacial score (nSPS) is 18.6. The van der Waals surface area contributed by atoms with Gasteiger partial charge in [0, 0.05) is 54.4 Å². The molecule has 3 heterocycles. The molecule has 2 atom stereocenters. The number of nitrogens with one attached hydrogen (secondary N) is 1. The molecule has 0 unspecified atom stereocenters. The van der Waals surface area contributed by atoms with Gasteiger partial charge in [0.05, 0.1) is 36.9 Å². The lowest BCUT2D eigenvalue weighted by Crippen LogP contribution is -2.44. The fourth-order valence-corrected chi connectivity index (χ4v) is 6.15. The number of rotatable bonds is 10. The quantitative estimate of drug-likeness (QED) is 0.234. The van der Waals surface area contributed by atoms with Crippen molar-refractivity contribution in [2.75, 3.05) is 45.7 Å². The maximum Gasteiger partial charge on any atom is 0.416 e. The molecule has 230 valence electrons. The van der Waals surface area contributed by atoms with Crippen LogP contribution >= 0.6 is 0 Å². The molecule has 2 fully saturated rings. The van der Waals surface area contributed by atoms with E-state index in [2.05, 4.69) is 32.1 Å². The number of methoxy groups -OCH3 is 1. The Bertz CT molecular complexity index is 1630. The highest BCUT2D eigenvalue weighted by Gasteiger charge is 2.40. The van der Waals surface area contributed by atoms with Crippen LogP contribution in [0, 0.1) is 0 Å². The summed E-state index contributed by atoms with van der Waals surface area (Å²) in [4.78, 5) is 26.5. The number of likely N-dealkylation sites (N-methyl/N-ethyl adjacent to an activating group) is 1. The Morgan fingerprint density at radius 2 is 1.77 bits per heavy atom. The lowest BCUT2D eigenvalue weighted by molar-refractivity contribution is -0.137. The highest BCUT2D eigenvalue weighted by atomic mass is 19.4. The smallest absolute Gasteiger partial charge is 0.416 e. The molecular weight excluding hydrogens is 571 g/mol. The average molecular weight is 606 g/mol. The molecule has 0 spiro atoms. The zero-order valence-corrected chi connectivity index (χ0v) is 24.6. The molecule has 1 amide bonds. The zero-order chi connectivity index (χ0) is 30.8. The predicted octanol–water partition coefficient (Wildman–Crippen LogP) is 5.66. The van der Waals surface area contributed by atoms with E-state index < -0.39 is 11.7 Å². The number of halogens is 3. The third kappa shape index (κ3) is 6.48. The number of nitrogens with zero attached hydrogens (tertiary/aromatic N) is 4. The van der Waals surface area contributed by atoms with Gasteiger partial charge in [0.25, 0.3) is 0 Å². The number of alkyl halides is 3. The second kappa shape index (κ2) is 12.4. The fraction of sp³-hybridized carbons (Fsp3) is 0.364. The average Bonchev–Trinajstić information content (AvgIpc) is 3.58. The van der Waals surface area contributed by atoms with E-state index in [1.165, 1.54) is 24.9 Å². The van der Waals surface area contributed by atoms with Gasteiger partial charge in [-0.25, -0.2) is 9.97 Å². The van der Waals surface area contributed by atoms with Crippen LogP contribution in [0.4, 0.5) is 18.9 Å². The maximum atomic E-state index is 12.8. The molecule has 1 aromatic heterocycles. The van der Waals surface area contributed by atoms with Crippen LogP contribution in [0.1, 0.15) is 24.0 Å². The summed E-state index contributed by atoms with van der Waals surface area (Å²) in [6.45, 7) is 3.84. The molecule has 4 aromatic rings. The molecule has 2 aliphatic heterocycles. The molecule has 2 bridgehead atoms. The van der Waals surface area contributed by atoms with Crippen molar-refractivity contribution in [2.24, 2.45) is 0 Å². The molecule has 6 rings (SSSR count). The molecule has 0 saturated carbocycles. The van der Waals surface area contributed by atoms with Gasteiger partial charge in [-0.3, -0.25) is 9.69 Å². The summed E-state index contributed by atoms with van der Waals surface area (Å²) in [7, 11) is 3.82. The third-order valence-electron chi connectivity index (χ3n) is 8.48. The summed E-state index contributed by atoms with van der Waals surface area (Å²) in [5.74, 6) is 0.907. The van der Waals surface area contributed by atoms with E-state index in [0.29, 0.717) is 52.7 Å². The number of benzene rings is 3. The minimum atomic E-state index is -4.41. The van der Waals surface area contributed by atoms with Crippen molar-refractivity contribution in [3.8, 4) is 22.8 Å². The van der Waals surface area contributed by atoms with Crippen LogP contribution < -0.4 is 14.8 Å². The van der Waals surface area contributed by atoms with Gasteiger partial charge in [0.2, 0.25) is 5.91 Å². The second-order valence-corrected chi connectivity index (χ2v) is 11.4. The number of carbonyl (C=O) groups excluding carboxylic acids is 1. The van der Waals surface area contributed by atoms with E-state index in [4.69, 9.17) is 9.47 Å². The predicted molar refractivity (Wildman–Crippen MR) is 162 cm³/mol. The number of likely N-dealkylation sites (tertiary alicyclic amines) is 2. The monoisotopic (exact) mass is 605 g/mol. The summed E-state index contributed by atoms with van der Waals surface area (Å²) in [6.07, 6.45) is -0.786. The fourth-order valence-electron chi connectivity index (χ4n) is 6.15. The number of piperazine rings is 1. The standard InChI is InChI=1S/C33H34F3N5O3/c1-40-18-26-15-25(40)19-41(26)12-3-13-44-30-16-27-28(17-29(30)43-2)37-20-38-32(27)22-6-10-24(11-7-22)39-31(42)14-21-4-8-23(9-5-21)33(34,35)36/h4-11,16-17,20,25-26H,3,12-15,18-19H2,1-2H3,(H,39,42)/t25-,26-/m1/s1. The number of carbonyl (C=O) groups is 1. The van der Waals surface area contributed by atoms with Crippen LogP contribution in [0.5, 0.6) is 11.5 Å². The number of hydrogen-bond donors (Lipinski definition) is 1. The molecule has 44 heavy (non-hydrogen) atoms. The number of fused-ring (bicyclic) bond motifs is 3. The third-order valence-corrected chi connectivity index (χ3v) is 8.48. The van der Waals surface area contributed by atoms with Gasteiger partial charge in [0.15, 0.2) is 11.5 Å². The number of ether oxygens (including phenoxy) is 2. The van der Waals surface area contributed by atoms with Crippen molar-refractivity contribution in [1.82, 2.24) is 19.8 Å². The van der Waals surface area contributed by atoms with Crippen molar-refractivity contribution in [1.29, 1.82) is 0 Å². The van der Waals surface area contributed by atoms with Gasteiger partial charge in [-0.15, -0.1) is 0 Å². The van der Waals surface area contributed by atoms with Gasteiger partial charge in [-0.2, -0.15) is 13.2 Å². The zero-order valence-electron chi connectivity index (χ0n) is 24.6. The van der Waals surface area contributed by atoms with Crippen molar-refractivity contribution in [2.45, 2.75) is 37.5 Å². The molecule has 8 nitrogen and oxygen atoms in total. The van der Waals surface area contributed by atoms with Crippen LogP contribution in [0.15, 0.2) is 67.0 Å². The Morgan fingerprint density at radius 1 is 1.00 bits per heavy atom. The molecule has 2 aliphatic rings. The van der Waals surface area contributed by atoms with E-state index in [1.807, 2.05) is 24.3 Å². The molecule has 2 saturated heterocycles. The molecule has 1 N–H and O–H groups in total. The first-order valence-corrected chi connectivity index (χ1v) is 14.6. The minimum absolute atomic E-state index is 0.0441. The van der Waals surface area contributed by atoms with E-state index >= 15 is 0 Å². The van der Waals surface area contributed by atoms with Gasteiger partial charge in [-0.1, -0.05) is 24.3 Å². The maximum absolute atomic E-state index is 12.8. The summed E-state index contributed by atoms with van der Waals surface area (Å²) in [5.41, 5.74) is 2.55. The summed E-state index contributed by atoms with van der Waals surface area (Å²) < 4.78 is 50.2. The Labute approximate surface area is 253 Å². The Balaban J connectivity index is 1.10. The van der Waals surface area contributed by atoms with E-state index in [1.54, 1.807) is 19.2 Å². The van der Waals surface area contributed by atoms with Gasteiger partial charge < -0.3 is 19.7 Å². The molecule has 0 radical (unpaired) electrons. The van der Waals surface area contributed by atoms with Crippen molar-refractivity contribution >= 4 is 22.5 Å². The van der Waals surface area contributed by atoms with Gasteiger partial charge in [-0.05, 0) is 55.8 Å². The number of hydrogen-bond acceptors (Lipinski definition) is 7. The Morgan fingerprint density at radius 3 is 2.43 bits per heavy atom. The number of aromatic nitrogens is 2. The molecule has 0 aliphatic carbocycles. The van der Waals surface area contributed by atoms with Crippen LogP contribution in [-0.4, -0.2) is 78.2 Å². The Kier molecular flexibility index (Phi) is 8.42. The number of anilines is 1. The molecule has 3 aromatic carbocycles. The summed E-state index contributed by atoms with van der Waals surface area (Å²) >= 11 is 0. The van der Waals surface area contributed by atoms with Gasteiger partial charge in [0.1, 0.15) is 6.33 Å². The summed E-state index contributed by atoms with van der Waals surface area (Å²) in [6, 6.07) is 16.9. The lowest BCUT2D eigenvalue weighted by atomic mass is 10.1. The van der Waals surface area contributed by atoms with Crippen LogP contribution in [-0.2, 0) is 17.4 Å². The molecular formula is C33H34F3N5O3. The van der Waals surface area contributed by atoms with E-state index in [9.17, 15) is 18.0 Å². The highest BCUT2D eigenvalue weighted by molar-refractivity contribution is 5.95. The topological polar surface area (TPSA) is 79.8 Å². The largest absolute Gasteiger partial charge is 0.493 e. The van der Waals surface area contributed by atoms with Crippen LogP contribution in [0.2, 0.25) is 0 Å². The minimum Gasteiger partial charge on any atom is -0.493 e. The second-order valence-electron chi connectivity index (χ2n) is 11.4. The first-order chi connectivity index (χ1) is 21.2. The van der Waals surface area contributed by atoms with Crippen molar-refractivity contribution < 1.29 is 27.4 Å². The van der Waals surface area contributed by atoms with Crippen molar-refractivity contribution in [3.05, 3.63) is 78.1 Å². The van der Waals surface area contributed by atoms with Gasteiger partial charge >= 0.3 is 6.18 Å². The van der Waals surface area contributed by atoms with Crippen LogP contribution in [0.25, 0.3) is 22.2 Å². The van der Waals surface area contributed by atoms with E-state index in [-0.39, 0.29) is 12.3 Å². The number of amides is 1. The molecule has 11 heteroatoms. The van der Waals surface area contributed by atoms with Crippen molar-refractivity contribution in [3.63, 3.8) is 0 Å².